The number of phenolic OH excluding ortho intramolecular Hbond substituents is 1. The Morgan fingerprint density at radius 2 is 1.55 bits per heavy atom. The quantitative estimate of drug-likeness (QED) is 0.206. The van der Waals surface area contributed by atoms with Crippen LogP contribution in [-0.4, -0.2) is 43.5 Å². The fourth-order valence-corrected chi connectivity index (χ4v) is 4.01. The molecule has 38 heavy (non-hydrogen) atoms. The molecule has 188 valence electrons. The van der Waals surface area contributed by atoms with E-state index < -0.39 is 0 Å². The molecule has 0 atom stereocenters. The highest BCUT2D eigenvalue weighted by atomic mass is 16.3. The van der Waals surface area contributed by atoms with Gasteiger partial charge in [0.05, 0.1) is 0 Å². The normalized spacial score (nSPS) is 11.2. The second-order valence-corrected chi connectivity index (χ2v) is 8.60. The molecule has 8 nitrogen and oxygen atoms in total. The van der Waals surface area contributed by atoms with Crippen LogP contribution < -0.4 is 5.32 Å². The minimum Gasteiger partial charge on any atom is -0.505 e. The number of para-hydroxylation sites is 1. The second-order valence-electron chi connectivity index (χ2n) is 8.60. The molecule has 0 spiro atoms. The Labute approximate surface area is 218 Å². The molecule has 1 amide bonds. The van der Waals surface area contributed by atoms with Crippen LogP contribution in [0.3, 0.4) is 0 Å². The minimum absolute atomic E-state index is 0.0925. The highest BCUT2D eigenvalue weighted by Gasteiger charge is 2.16. The molecule has 0 fully saturated rings. The molecule has 8 heteroatoms. The molecule has 5 aromatic rings. The number of nitrogens with zero attached hydrogens (tertiary/aromatic N) is 3. The molecule has 0 aliphatic rings. The van der Waals surface area contributed by atoms with Crippen molar-refractivity contribution in [2.24, 2.45) is 0 Å². The smallest absolute Gasteiger partial charge is 0.255 e. The van der Waals surface area contributed by atoms with Crippen LogP contribution in [0, 0.1) is 0 Å². The van der Waals surface area contributed by atoms with E-state index in [0.29, 0.717) is 39.8 Å². The topological polar surface area (TPSA) is 117 Å². The summed E-state index contributed by atoms with van der Waals surface area (Å²) in [5, 5.41) is 32.4. The molecule has 3 N–H and O–H groups in total. The predicted molar refractivity (Wildman–Crippen MR) is 146 cm³/mol. The summed E-state index contributed by atoms with van der Waals surface area (Å²) in [4.78, 5) is 26.5. The molecule has 0 aliphatic heterocycles. The van der Waals surface area contributed by atoms with Gasteiger partial charge in [-0.05, 0) is 66.6 Å². The monoisotopic (exact) mass is 504 g/mol. The first-order valence-electron chi connectivity index (χ1n) is 12.0. The van der Waals surface area contributed by atoms with Crippen LogP contribution in [0.2, 0.25) is 0 Å². The number of fused-ring (bicyclic) bond motifs is 1. The van der Waals surface area contributed by atoms with Crippen LogP contribution >= 0.6 is 0 Å². The fraction of sp³-hybridized carbons (Fsp3) is 0.0667. The van der Waals surface area contributed by atoms with E-state index in [-0.39, 0.29) is 29.7 Å². The number of aromatic hydroxyl groups is 1. The van der Waals surface area contributed by atoms with Crippen LogP contribution in [0.5, 0.6) is 5.75 Å². The lowest BCUT2D eigenvalue weighted by atomic mass is 10.0. The summed E-state index contributed by atoms with van der Waals surface area (Å²) in [6, 6.07) is 26.3. The third-order valence-electron chi connectivity index (χ3n) is 5.94. The van der Waals surface area contributed by atoms with Gasteiger partial charge in [0.2, 0.25) is 0 Å². The highest BCUT2D eigenvalue weighted by Crippen LogP contribution is 2.30. The number of hydrogen-bond acceptors (Lipinski definition) is 6. The number of aliphatic hydroxyl groups excluding tert-OH is 1. The average Bonchev–Trinajstić information content (AvgIpc) is 3.37. The van der Waals surface area contributed by atoms with E-state index in [0.717, 1.165) is 5.56 Å². The van der Waals surface area contributed by atoms with Crippen LogP contribution in [-0.2, 0) is 6.42 Å². The standard InChI is InChI=1S/C30H24N4O4/c35-16-15-20-17-22(12-14-28(36)21-7-3-1-4-8-21)29(37)27(18-20)34-32-25-13-11-23(19-26(25)33-34)30(38)31-24-9-5-2-6-10-24/h1-14,17-19,35,37H,15-16H2,(H,31,38). The van der Waals surface area contributed by atoms with Crippen molar-refractivity contribution in [1.82, 2.24) is 15.0 Å². The maximum Gasteiger partial charge on any atom is 0.255 e. The summed E-state index contributed by atoms with van der Waals surface area (Å²) in [5.74, 6) is -0.606. The molecular formula is C30H24N4O4. The van der Waals surface area contributed by atoms with Crippen LogP contribution in [0.4, 0.5) is 5.69 Å². The van der Waals surface area contributed by atoms with E-state index in [4.69, 9.17) is 0 Å². The Morgan fingerprint density at radius 1 is 0.842 bits per heavy atom. The summed E-state index contributed by atoms with van der Waals surface area (Å²) < 4.78 is 0. The van der Waals surface area contributed by atoms with Gasteiger partial charge in [0.1, 0.15) is 22.5 Å². The summed E-state index contributed by atoms with van der Waals surface area (Å²) in [6.07, 6.45) is 3.26. The number of ketones is 1. The van der Waals surface area contributed by atoms with Gasteiger partial charge in [0.25, 0.3) is 5.91 Å². The Hall–Kier alpha value is -5.08. The van der Waals surface area contributed by atoms with E-state index >= 15 is 0 Å². The minimum atomic E-state index is -0.282. The van der Waals surface area contributed by atoms with Gasteiger partial charge in [-0.25, -0.2) is 0 Å². The number of carbonyl (C=O) groups excluding carboxylic acids is 2. The average molecular weight is 505 g/mol. The molecule has 1 aromatic heterocycles. The maximum atomic E-state index is 12.7. The molecule has 0 aliphatic carbocycles. The number of nitrogens with one attached hydrogen (secondary N) is 1. The molecule has 0 radical (unpaired) electrons. The first kappa shape index (κ1) is 24.6. The van der Waals surface area contributed by atoms with E-state index in [2.05, 4.69) is 15.5 Å². The highest BCUT2D eigenvalue weighted by molar-refractivity contribution is 6.07. The van der Waals surface area contributed by atoms with Gasteiger partial charge >= 0.3 is 0 Å². The third kappa shape index (κ3) is 5.35. The Balaban J connectivity index is 1.47. The summed E-state index contributed by atoms with van der Waals surface area (Å²) in [7, 11) is 0. The predicted octanol–water partition coefficient (Wildman–Crippen LogP) is 4.81. The number of benzene rings is 4. The van der Waals surface area contributed by atoms with E-state index in [1.807, 2.05) is 24.3 Å². The number of allylic oxidation sites excluding steroid dienone is 1. The molecule has 0 bridgehead atoms. The van der Waals surface area contributed by atoms with E-state index in [9.17, 15) is 19.8 Å². The number of rotatable bonds is 8. The van der Waals surface area contributed by atoms with Gasteiger partial charge in [-0.1, -0.05) is 48.5 Å². The van der Waals surface area contributed by atoms with Gasteiger partial charge in [-0.3, -0.25) is 9.59 Å². The van der Waals surface area contributed by atoms with E-state index in [1.54, 1.807) is 66.7 Å². The largest absolute Gasteiger partial charge is 0.505 e. The van der Waals surface area contributed by atoms with Crippen molar-refractivity contribution in [3.8, 4) is 11.4 Å². The molecule has 1 heterocycles. The molecule has 0 saturated heterocycles. The van der Waals surface area contributed by atoms with Crippen molar-refractivity contribution in [1.29, 1.82) is 0 Å². The number of aromatic nitrogens is 3. The number of anilines is 1. The van der Waals surface area contributed by atoms with Crippen molar-refractivity contribution >= 4 is 34.5 Å². The maximum absolute atomic E-state index is 12.7. The van der Waals surface area contributed by atoms with Crippen molar-refractivity contribution in [3.63, 3.8) is 0 Å². The first-order chi connectivity index (χ1) is 18.5. The Morgan fingerprint density at radius 3 is 2.29 bits per heavy atom. The zero-order chi connectivity index (χ0) is 26.5. The molecule has 0 saturated carbocycles. The zero-order valence-electron chi connectivity index (χ0n) is 20.3. The Kier molecular flexibility index (Phi) is 7.06. The number of amides is 1. The van der Waals surface area contributed by atoms with Gasteiger partial charge in [-0.2, -0.15) is 0 Å². The first-order valence-corrected chi connectivity index (χ1v) is 12.0. The van der Waals surface area contributed by atoms with Gasteiger partial charge in [0.15, 0.2) is 5.78 Å². The lowest BCUT2D eigenvalue weighted by molar-refractivity contribution is 0.102. The number of phenols is 1. The number of hydrogen-bond donors (Lipinski definition) is 3. The second kappa shape index (κ2) is 10.9. The zero-order valence-corrected chi connectivity index (χ0v) is 20.3. The van der Waals surface area contributed by atoms with E-state index in [1.165, 1.54) is 16.9 Å². The van der Waals surface area contributed by atoms with Crippen LogP contribution in [0.15, 0.2) is 97.1 Å². The lowest BCUT2D eigenvalue weighted by Gasteiger charge is -2.10. The summed E-state index contributed by atoms with van der Waals surface area (Å²) in [5.41, 5.74) is 4.03. The van der Waals surface area contributed by atoms with Gasteiger partial charge in [-0.15, -0.1) is 15.0 Å². The van der Waals surface area contributed by atoms with Gasteiger partial charge in [0, 0.05) is 29.0 Å². The van der Waals surface area contributed by atoms with Crippen LogP contribution in [0.25, 0.3) is 22.8 Å². The van der Waals surface area contributed by atoms with Gasteiger partial charge < -0.3 is 15.5 Å². The summed E-state index contributed by atoms with van der Waals surface area (Å²) >= 11 is 0. The SMILES string of the molecule is O=C(C=Cc1cc(CCO)cc(-n2nc3ccc(C(=O)Nc4ccccc4)cc3n2)c1O)c1ccccc1. The van der Waals surface area contributed by atoms with Crippen LogP contribution in [0.1, 0.15) is 31.8 Å². The molecular weight excluding hydrogens is 480 g/mol. The van der Waals surface area contributed by atoms with Crippen molar-refractivity contribution in [3.05, 3.63) is 119 Å². The molecule has 5 rings (SSSR count). The number of aliphatic hydroxyl groups is 1. The lowest BCUT2D eigenvalue weighted by Crippen LogP contribution is -2.11. The number of carbonyl (C=O) groups is 2. The van der Waals surface area contributed by atoms with Crippen molar-refractivity contribution in [2.75, 3.05) is 11.9 Å². The van der Waals surface area contributed by atoms with Crippen molar-refractivity contribution in [2.45, 2.75) is 6.42 Å². The molecule has 0 unspecified atom stereocenters. The molecule has 4 aromatic carbocycles. The summed E-state index contributed by atoms with van der Waals surface area (Å²) in [6.45, 7) is -0.0925. The fourth-order valence-electron chi connectivity index (χ4n) is 4.01. The Bertz CT molecular complexity index is 1640. The third-order valence-corrected chi connectivity index (χ3v) is 5.94. The van der Waals surface area contributed by atoms with Crippen molar-refractivity contribution < 1.29 is 19.8 Å².